The van der Waals surface area contributed by atoms with Crippen LogP contribution in [-0.2, 0) is 11.4 Å². The zero-order valence-corrected chi connectivity index (χ0v) is 8.45. The first-order chi connectivity index (χ1) is 6.65. The number of benzene rings is 1. The third-order valence-electron chi connectivity index (χ3n) is 1.97. The van der Waals surface area contributed by atoms with Gasteiger partial charge in [-0.3, -0.25) is 4.79 Å². The molecule has 0 aliphatic carbocycles. The summed E-state index contributed by atoms with van der Waals surface area (Å²) in [6, 6.07) is 7.23. The Labute approximate surface area is 83.8 Å². The molecule has 3 heteroatoms. The van der Waals surface area contributed by atoms with Gasteiger partial charge < -0.3 is 10.4 Å². The van der Waals surface area contributed by atoms with Crippen LogP contribution in [-0.4, -0.2) is 11.0 Å². The number of anilines is 1. The van der Waals surface area contributed by atoms with Crippen LogP contribution in [0, 0.1) is 5.92 Å². The zero-order valence-electron chi connectivity index (χ0n) is 8.45. The fourth-order valence-electron chi connectivity index (χ4n) is 1.06. The first-order valence-electron chi connectivity index (χ1n) is 4.64. The number of nitrogens with one attached hydrogen (secondary N) is 1. The molecule has 0 saturated carbocycles. The first-order valence-corrected chi connectivity index (χ1v) is 4.64. The van der Waals surface area contributed by atoms with E-state index in [1.165, 1.54) is 0 Å². The summed E-state index contributed by atoms with van der Waals surface area (Å²) in [5, 5.41) is 11.8. The van der Waals surface area contributed by atoms with Crippen molar-refractivity contribution in [3.05, 3.63) is 29.8 Å². The van der Waals surface area contributed by atoms with Crippen LogP contribution in [0.2, 0.25) is 0 Å². The molecule has 0 aliphatic heterocycles. The van der Waals surface area contributed by atoms with Gasteiger partial charge in [0.15, 0.2) is 0 Å². The van der Waals surface area contributed by atoms with Crippen LogP contribution in [0.15, 0.2) is 24.3 Å². The molecule has 0 fully saturated rings. The minimum absolute atomic E-state index is 0.0362. The molecule has 0 unspecified atom stereocenters. The maximum atomic E-state index is 11.4. The van der Waals surface area contributed by atoms with Crippen LogP contribution in [0.3, 0.4) is 0 Å². The highest BCUT2D eigenvalue weighted by Gasteiger charge is 2.08. The molecule has 0 aliphatic rings. The van der Waals surface area contributed by atoms with Crippen LogP contribution in [0.5, 0.6) is 0 Å². The highest BCUT2D eigenvalue weighted by atomic mass is 16.3. The van der Waals surface area contributed by atoms with Gasteiger partial charge in [0, 0.05) is 17.2 Å². The Kier molecular flexibility index (Phi) is 3.65. The van der Waals surface area contributed by atoms with Crippen LogP contribution in [0.4, 0.5) is 5.69 Å². The number of carbonyl (C=O) groups is 1. The number of hydrogen-bond acceptors (Lipinski definition) is 2. The highest BCUT2D eigenvalue weighted by Crippen LogP contribution is 2.15. The van der Waals surface area contributed by atoms with E-state index in [2.05, 4.69) is 5.32 Å². The molecule has 3 nitrogen and oxygen atoms in total. The first kappa shape index (κ1) is 10.7. The summed E-state index contributed by atoms with van der Waals surface area (Å²) in [4.78, 5) is 11.4. The molecular formula is C11H15NO2. The second kappa shape index (κ2) is 4.77. The summed E-state index contributed by atoms with van der Waals surface area (Å²) in [5.74, 6) is -0.0901. The van der Waals surface area contributed by atoms with Gasteiger partial charge in [-0.05, 0) is 6.07 Å². The molecule has 0 radical (unpaired) electrons. The number of aliphatic hydroxyl groups is 1. The topological polar surface area (TPSA) is 49.3 Å². The number of rotatable bonds is 3. The Morgan fingerprint density at radius 3 is 2.64 bits per heavy atom. The van der Waals surface area contributed by atoms with Gasteiger partial charge in [-0.1, -0.05) is 32.0 Å². The molecule has 1 amide bonds. The number of carbonyl (C=O) groups excluding carboxylic acids is 1. The fourth-order valence-corrected chi connectivity index (χ4v) is 1.06. The van der Waals surface area contributed by atoms with Crippen LogP contribution >= 0.6 is 0 Å². The van der Waals surface area contributed by atoms with E-state index in [9.17, 15) is 4.79 Å². The number of para-hydroxylation sites is 1. The molecule has 2 N–H and O–H groups in total. The summed E-state index contributed by atoms with van der Waals surface area (Å²) >= 11 is 0. The molecule has 76 valence electrons. The quantitative estimate of drug-likeness (QED) is 0.768. The van der Waals surface area contributed by atoms with E-state index in [0.717, 1.165) is 5.56 Å². The van der Waals surface area contributed by atoms with Crippen LogP contribution in [0.1, 0.15) is 19.4 Å². The average molecular weight is 193 g/mol. The lowest BCUT2D eigenvalue weighted by molar-refractivity contribution is -0.118. The highest BCUT2D eigenvalue weighted by molar-refractivity contribution is 5.92. The van der Waals surface area contributed by atoms with E-state index >= 15 is 0 Å². The van der Waals surface area contributed by atoms with Crippen molar-refractivity contribution in [2.45, 2.75) is 20.5 Å². The molecule has 0 bridgehead atoms. The summed E-state index contributed by atoms with van der Waals surface area (Å²) in [6.45, 7) is 3.60. The van der Waals surface area contributed by atoms with Gasteiger partial charge in [0.1, 0.15) is 0 Å². The van der Waals surface area contributed by atoms with E-state index in [1.54, 1.807) is 12.1 Å². The van der Waals surface area contributed by atoms with Crippen LogP contribution < -0.4 is 5.32 Å². The van der Waals surface area contributed by atoms with Gasteiger partial charge in [-0.25, -0.2) is 0 Å². The van der Waals surface area contributed by atoms with Gasteiger partial charge in [0.05, 0.1) is 6.61 Å². The van der Waals surface area contributed by atoms with Crippen molar-refractivity contribution in [1.82, 2.24) is 0 Å². The van der Waals surface area contributed by atoms with E-state index < -0.39 is 0 Å². The molecule has 0 spiro atoms. The Morgan fingerprint density at radius 1 is 1.43 bits per heavy atom. The molecule has 1 rings (SSSR count). The van der Waals surface area contributed by atoms with E-state index in [-0.39, 0.29) is 18.4 Å². The predicted octanol–water partition coefficient (Wildman–Crippen LogP) is 1.77. The summed E-state index contributed by atoms with van der Waals surface area (Å²) in [7, 11) is 0. The summed E-state index contributed by atoms with van der Waals surface area (Å²) < 4.78 is 0. The molecular weight excluding hydrogens is 178 g/mol. The van der Waals surface area contributed by atoms with Crippen molar-refractivity contribution in [3.8, 4) is 0 Å². The average Bonchev–Trinajstić information content (AvgIpc) is 2.18. The van der Waals surface area contributed by atoms with E-state index in [1.807, 2.05) is 26.0 Å². The SMILES string of the molecule is CC(C)C(=O)Nc1ccccc1CO. The van der Waals surface area contributed by atoms with Gasteiger partial charge >= 0.3 is 0 Å². The maximum absolute atomic E-state index is 11.4. The van der Waals surface area contributed by atoms with Crippen molar-refractivity contribution in [2.24, 2.45) is 5.92 Å². The normalized spacial score (nSPS) is 10.3. The Hall–Kier alpha value is -1.35. The van der Waals surface area contributed by atoms with Gasteiger partial charge in [0.2, 0.25) is 5.91 Å². The molecule has 1 aromatic rings. The lowest BCUT2D eigenvalue weighted by Crippen LogP contribution is -2.18. The monoisotopic (exact) mass is 193 g/mol. The van der Waals surface area contributed by atoms with Gasteiger partial charge in [0.25, 0.3) is 0 Å². The number of hydrogen-bond donors (Lipinski definition) is 2. The van der Waals surface area contributed by atoms with Crippen molar-refractivity contribution in [1.29, 1.82) is 0 Å². The second-order valence-electron chi connectivity index (χ2n) is 3.46. The lowest BCUT2D eigenvalue weighted by Gasteiger charge is -2.10. The van der Waals surface area contributed by atoms with Crippen molar-refractivity contribution in [2.75, 3.05) is 5.32 Å². The van der Waals surface area contributed by atoms with Crippen molar-refractivity contribution in [3.63, 3.8) is 0 Å². The summed E-state index contributed by atoms with van der Waals surface area (Å²) in [5.41, 5.74) is 1.43. The molecule has 0 aromatic heterocycles. The van der Waals surface area contributed by atoms with Crippen molar-refractivity contribution >= 4 is 11.6 Å². The third kappa shape index (κ3) is 2.57. The summed E-state index contributed by atoms with van der Waals surface area (Å²) in [6.07, 6.45) is 0. The largest absolute Gasteiger partial charge is 0.392 e. The van der Waals surface area contributed by atoms with Gasteiger partial charge in [-0.2, -0.15) is 0 Å². The molecule has 1 aromatic carbocycles. The zero-order chi connectivity index (χ0) is 10.6. The predicted molar refractivity (Wildman–Crippen MR) is 55.8 cm³/mol. The van der Waals surface area contributed by atoms with E-state index in [4.69, 9.17) is 5.11 Å². The number of amides is 1. The van der Waals surface area contributed by atoms with Crippen molar-refractivity contribution < 1.29 is 9.90 Å². The van der Waals surface area contributed by atoms with Gasteiger partial charge in [-0.15, -0.1) is 0 Å². The Balaban J connectivity index is 2.80. The lowest BCUT2D eigenvalue weighted by atomic mass is 10.1. The van der Waals surface area contributed by atoms with Crippen LogP contribution in [0.25, 0.3) is 0 Å². The molecule has 0 saturated heterocycles. The minimum Gasteiger partial charge on any atom is -0.392 e. The Bertz CT molecular complexity index is 321. The number of aliphatic hydroxyl groups excluding tert-OH is 1. The Morgan fingerprint density at radius 2 is 2.07 bits per heavy atom. The molecule has 0 heterocycles. The third-order valence-corrected chi connectivity index (χ3v) is 1.97. The minimum atomic E-state index is -0.0610. The maximum Gasteiger partial charge on any atom is 0.226 e. The molecule has 14 heavy (non-hydrogen) atoms. The molecule has 0 atom stereocenters. The standard InChI is InChI=1S/C11H15NO2/c1-8(2)11(14)12-10-6-4-3-5-9(10)7-13/h3-6,8,13H,7H2,1-2H3,(H,12,14). The van der Waals surface area contributed by atoms with E-state index in [0.29, 0.717) is 5.69 Å². The fraction of sp³-hybridized carbons (Fsp3) is 0.364. The smallest absolute Gasteiger partial charge is 0.226 e. The second-order valence-corrected chi connectivity index (χ2v) is 3.46.